The van der Waals surface area contributed by atoms with E-state index in [1.807, 2.05) is 13.8 Å². The van der Waals surface area contributed by atoms with Gasteiger partial charge in [-0.25, -0.2) is 0 Å². The number of hydrogen-bond donors (Lipinski definition) is 2. The van der Waals surface area contributed by atoms with Gasteiger partial charge in [0.25, 0.3) is 0 Å². The van der Waals surface area contributed by atoms with Crippen molar-refractivity contribution in [2.24, 2.45) is 5.92 Å². The molecule has 0 amide bonds. The average molecular weight is 298 g/mol. The molecule has 0 saturated carbocycles. The molecule has 0 saturated heterocycles. The number of nitrogens with one attached hydrogen (secondary N) is 1. The van der Waals surface area contributed by atoms with E-state index in [4.69, 9.17) is 0 Å². The predicted octanol–water partition coefficient (Wildman–Crippen LogP) is 4.24. The zero-order chi connectivity index (χ0) is 15.0. The van der Waals surface area contributed by atoms with Crippen LogP contribution in [0, 0.1) is 5.92 Å². The van der Waals surface area contributed by atoms with E-state index in [1.54, 1.807) is 11.3 Å². The van der Waals surface area contributed by atoms with Gasteiger partial charge in [-0.1, -0.05) is 19.8 Å². The molecule has 0 aromatic carbocycles. The quantitative estimate of drug-likeness (QED) is 0.677. The molecule has 0 bridgehead atoms. The van der Waals surface area contributed by atoms with Gasteiger partial charge in [0, 0.05) is 6.04 Å². The van der Waals surface area contributed by atoms with E-state index in [0.717, 1.165) is 31.7 Å². The molecular weight excluding hydrogens is 266 g/mol. The van der Waals surface area contributed by atoms with Gasteiger partial charge in [-0.2, -0.15) is 11.3 Å². The van der Waals surface area contributed by atoms with Crippen molar-refractivity contribution in [1.82, 2.24) is 5.32 Å². The van der Waals surface area contributed by atoms with E-state index in [9.17, 15) is 5.11 Å². The molecule has 2 nitrogen and oxygen atoms in total. The Balaban J connectivity index is 2.05. The highest BCUT2D eigenvalue weighted by Gasteiger charge is 2.12. The lowest BCUT2D eigenvalue weighted by atomic mass is 9.95. The largest absolute Gasteiger partial charge is 0.390 e. The Morgan fingerprint density at radius 2 is 2.05 bits per heavy atom. The Morgan fingerprint density at radius 3 is 2.65 bits per heavy atom. The maximum atomic E-state index is 9.69. The smallest absolute Gasteiger partial charge is 0.0591 e. The molecule has 116 valence electrons. The molecule has 1 rings (SSSR count). The molecule has 1 heterocycles. The Kier molecular flexibility index (Phi) is 7.78. The molecule has 0 unspecified atom stereocenters. The van der Waals surface area contributed by atoms with Crippen molar-refractivity contribution in [3.8, 4) is 0 Å². The van der Waals surface area contributed by atoms with Gasteiger partial charge in [-0.05, 0) is 74.9 Å². The summed E-state index contributed by atoms with van der Waals surface area (Å²) >= 11 is 1.77. The summed E-state index contributed by atoms with van der Waals surface area (Å²) in [4.78, 5) is 0. The second kappa shape index (κ2) is 8.81. The van der Waals surface area contributed by atoms with Gasteiger partial charge < -0.3 is 10.4 Å². The first-order valence-electron chi connectivity index (χ1n) is 7.83. The van der Waals surface area contributed by atoms with Crippen LogP contribution in [-0.2, 0) is 6.42 Å². The SMILES string of the molecule is C[C@@H](CCCC(C)(C)O)CCN[C@H](C)Cc1ccsc1. The van der Waals surface area contributed by atoms with Crippen LogP contribution in [0.3, 0.4) is 0 Å². The fourth-order valence-electron chi connectivity index (χ4n) is 2.44. The lowest BCUT2D eigenvalue weighted by Crippen LogP contribution is -2.29. The third-order valence-electron chi connectivity index (χ3n) is 3.74. The van der Waals surface area contributed by atoms with Crippen LogP contribution in [0.25, 0.3) is 0 Å². The van der Waals surface area contributed by atoms with Crippen molar-refractivity contribution in [3.05, 3.63) is 22.4 Å². The molecule has 1 aromatic heterocycles. The summed E-state index contributed by atoms with van der Waals surface area (Å²) in [5, 5.41) is 17.7. The Hall–Kier alpha value is -0.380. The molecule has 0 fully saturated rings. The van der Waals surface area contributed by atoms with Crippen LogP contribution < -0.4 is 5.32 Å². The highest BCUT2D eigenvalue weighted by Crippen LogP contribution is 2.17. The maximum Gasteiger partial charge on any atom is 0.0591 e. The molecule has 3 heteroatoms. The molecule has 0 aliphatic carbocycles. The van der Waals surface area contributed by atoms with Crippen molar-refractivity contribution < 1.29 is 5.11 Å². The summed E-state index contributed by atoms with van der Waals surface area (Å²) in [6, 6.07) is 2.76. The van der Waals surface area contributed by atoms with E-state index in [0.29, 0.717) is 6.04 Å². The first kappa shape index (κ1) is 17.7. The number of rotatable bonds is 10. The first-order valence-corrected chi connectivity index (χ1v) is 8.78. The van der Waals surface area contributed by atoms with Crippen molar-refractivity contribution in [2.75, 3.05) is 6.54 Å². The first-order chi connectivity index (χ1) is 9.37. The highest BCUT2D eigenvalue weighted by molar-refractivity contribution is 7.07. The lowest BCUT2D eigenvalue weighted by Gasteiger charge is -2.19. The summed E-state index contributed by atoms with van der Waals surface area (Å²) in [6.45, 7) is 9.46. The van der Waals surface area contributed by atoms with Crippen LogP contribution >= 0.6 is 11.3 Å². The van der Waals surface area contributed by atoms with E-state index in [-0.39, 0.29) is 0 Å². The monoisotopic (exact) mass is 297 g/mol. The van der Waals surface area contributed by atoms with Gasteiger partial charge in [0.15, 0.2) is 0 Å². The molecule has 1 aromatic rings. The van der Waals surface area contributed by atoms with Crippen molar-refractivity contribution in [1.29, 1.82) is 0 Å². The number of hydrogen-bond acceptors (Lipinski definition) is 3. The van der Waals surface area contributed by atoms with Gasteiger partial charge in [0.1, 0.15) is 0 Å². The summed E-state index contributed by atoms with van der Waals surface area (Å²) < 4.78 is 0. The van der Waals surface area contributed by atoms with E-state index in [2.05, 4.69) is 36.0 Å². The summed E-state index contributed by atoms with van der Waals surface area (Å²) in [6.07, 6.45) is 5.58. The van der Waals surface area contributed by atoms with Crippen molar-refractivity contribution >= 4 is 11.3 Å². The summed E-state index contributed by atoms with van der Waals surface area (Å²) in [5.41, 5.74) is 0.931. The van der Waals surface area contributed by atoms with Crippen LogP contribution in [0.2, 0.25) is 0 Å². The minimum absolute atomic E-state index is 0.507. The standard InChI is InChI=1S/C17H31NOS/c1-14(6-5-9-17(3,4)19)7-10-18-15(2)12-16-8-11-20-13-16/h8,11,13-15,18-19H,5-7,9-10,12H2,1-4H3/t14-,15+/m0/s1. The predicted molar refractivity (Wildman–Crippen MR) is 89.4 cm³/mol. The van der Waals surface area contributed by atoms with Crippen LogP contribution in [-0.4, -0.2) is 23.3 Å². The molecule has 20 heavy (non-hydrogen) atoms. The van der Waals surface area contributed by atoms with E-state index >= 15 is 0 Å². The van der Waals surface area contributed by atoms with Crippen molar-refractivity contribution in [2.45, 2.75) is 71.4 Å². The Morgan fingerprint density at radius 1 is 1.30 bits per heavy atom. The topological polar surface area (TPSA) is 32.3 Å². The molecule has 0 spiro atoms. The van der Waals surface area contributed by atoms with Gasteiger partial charge >= 0.3 is 0 Å². The van der Waals surface area contributed by atoms with Crippen LogP contribution in [0.1, 0.15) is 58.9 Å². The van der Waals surface area contributed by atoms with E-state index in [1.165, 1.54) is 18.4 Å². The van der Waals surface area contributed by atoms with Crippen LogP contribution in [0.4, 0.5) is 0 Å². The zero-order valence-corrected chi connectivity index (χ0v) is 14.3. The van der Waals surface area contributed by atoms with Gasteiger partial charge in [-0.15, -0.1) is 0 Å². The van der Waals surface area contributed by atoms with Crippen LogP contribution in [0.5, 0.6) is 0 Å². The third kappa shape index (κ3) is 8.72. The summed E-state index contributed by atoms with van der Waals surface area (Å²) in [5.74, 6) is 0.734. The summed E-state index contributed by atoms with van der Waals surface area (Å²) in [7, 11) is 0. The number of thiophene rings is 1. The van der Waals surface area contributed by atoms with Gasteiger partial charge in [0.2, 0.25) is 0 Å². The molecule has 0 radical (unpaired) electrons. The van der Waals surface area contributed by atoms with Gasteiger partial charge in [-0.3, -0.25) is 0 Å². The van der Waals surface area contributed by atoms with Crippen LogP contribution in [0.15, 0.2) is 16.8 Å². The Labute approximate surface area is 128 Å². The fourth-order valence-corrected chi connectivity index (χ4v) is 3.12. The lowest BCUT2D eigenvalue weighted by molar-refractivity contribution is 0.0669. The molecule has 2 N–H and O–H groups in total. The molecule has 0 aliphatic rings. The second-order valence-electron chi connectivity index (χ2n) is 6.79. The molecule has 2 atom stereocenters. The molecular formula is C17H31NOS. The highest BCUT2D eigenvalue weighted by atomic mass is 32.1. The minimum Gasteiger partial charge on any atom is -0.390 e. The average Bonchev–Trinajstić information content (AvgIpc) is 2.79. The third-order valence-corrected chi connectivity index (χ3v) is 4.47. The van der Waals surface area contributed by atoms with Gasteiger partial charge in [0.05, 0.1) is 5.60 Å². The maximum absolute atomic E-state index is 9.69. The molecule has 0 aliphatic heterocycles. The van der Waals surface area contributed by atoms with E-state index < -0.39 is 5.60 Å². The minimum atomic E-state index is -0.507. The van der Waals surface area contributed by atoms with Crippen molar-refractivity contribution in [3.63, 3.8) is 0 Å². The second-order valence-corrected chi connectivity index (χ2v) is 7.57. The fraction of sp³-hybridized carbons (Fsp3) is 0.765. The Bertz CT molecular complexity index is 342. The normalized spacial score (nSPS) is 15.2. The zero-order valence-electron chi connectivity index (χ0n) is 13.5. The number of aliphatic hydroxyl groups is 1.